The molecule has 70 valence electrons. The summed E-state index contributed by atoms with van der Waals surface area (Å²) in [5.41, 5.74) is 0. The molecule has 1 heterocycles. The van der Waals surface area contributed by atoms with Gasteiger partial charge in [-0.3, -0.25) is 4.79 Å². The molecule has 6 heteroatoms. The Hall–Kier alpha value is -0.230. The standard InChI is InChI=1S/C6H8O4S.H2S/c1-11(8,9)6-2-4(6)3-10-5(6)7;/h4H,2-3H2,1H3;1H2/t4-,6+;/m0./s1. The molecule has 1 saturated heterocycles. The zero-order valence-corrected chi connectivity index (χ0v) is 8.35. The van der Waals surface area contributed by atoms with Gasteiger partial charge in [-0.25, -0.2) is 8.42 Å². The second-order valence-electron chi connectivity index (χ2n) is 3.16. The van der Waals surface area contributed by atoms with Crippen molar-refractivity contribution in [3.05, 3.63) is 0 Å². The Balaban J connectivity index is 0.000000720. The molecule has 0 amide bonds. The van der Waals surface area contributed by atoms with Crippen LogP contribution in [0.5, 0.6) is 0 Å². The number of hydrogen-bond donors (Lipinski definition) is 0. The van der Waals surface area contributed by atoms with Crippen LogP contribution in [-0.2, 0) is 19.4 Å². The molecule has 0 aromatic rings. The summed E-state index contributed by atoms with van der Waals surface area (Å²) < 4.78 is 25.7. The summed E-state index contributed by atoms with van der Waals surface area (Å²) in [5, 5.41) is 0. The molecule has 0 spiro atoms. The van der Waals surface area contributed by atoms with E-state index in [1.807, 2.05) is 0 Å². The predicted octanol–water partition coefficient (Wildman–Crippen LogP) is -0.541. The van der Waals surface area contributed by atoms with Gasteiger partial charge in [0.1, 0.15) is 0 Å². The SMILES string of the molecule is CS(=O)(=O)[C@]12C[C@H]1COC2=O.S. The number of carbonyl (C=O) groups is 1. The highest BCUT2D eigenvalue weighted by atomic mass is 32.2. The van der Waals surface area contributed by atoms with Gasteiger partial charge in [0.25, 0.3) is 0 Å². The molecule has 0 bridgehead atoms. The van der Waals surface area contributed by atoms with E-state index in [4.69, 9.17) is 0 Å². The van der Waals surface area contributed by atoms with Crippen LogP contribution in [0.25, 0.3) is 0 Å². The number of cyclic esters (lactones) is 1. The van der Waals surface area contributed by atoms with Crippen LogP contribution >= 0.6 is 13.5 Å². The molecule has 1 aliphatic carbocycles. The van der Waals surface area contributed by atoms with Crippen LogP contribution in [0.1, 0.15) is 6.42 Å². The first-order chi connectivity index (χ1) is 4.98. The topological polar surface area (TPSA) is 60.4 Å². The monoisotopic (exact) mass is 210 g/mol. The van der Waals surface area contributed by atoms with Gasteiger partial charge in [-0.15, -0.1) is 0 Å². The first-order valence-corrected chi connectivity index (χ1v) is 5.24. The van der Waals surface area contributed by atoms with Gasteiger partial charge in [0, 0.05) is 12.2 Å². The van der Waals surface area contributed by atoms with Crippen LogP contribution in [0, 0.1) is 5.92 Å². The van der Waals surface area contributed by atoms with E-state index in [9.17, 15) is 13.2 Å². The highest BCUT2D eigenvalue weighted by Crippen LogP contribution is 2.54. The lowest BCUT2D eigenvalue weighted by molar-refractivity contribution is -0.140. The maximum Gasteiger partial charge on any atom is 0.327 e. The molecule has 0 aromatic heterocycles. The van der Waals surface area contributed by atoms with E-state index in [0.717, 1.165) is 6.26 Å². The third-order valence-electron chi connectivity index (χ3n) is 2.47. The van der Waals surface area contributed by atoms with E-state index in [1.54, 1.807) is 0 Å². The van der Waals surface area contributed by atoms with Gasteiger partial charge >= 0.3 is 5.97 Å². The Morgan fingerprint density at radius 2 is 2.17 bits per heavy atom. The molecule has 4 nitrogen and oxygen atoms in total. The van der Waals surface area contributed by atoms with Crippen LogP contribution in [0.4, 0.5) is 0 Å². The Bertz CT molecular complexity index is 320. The summed E-state index contributed by atoms with van der Waals surface area (Å²) in [6, 6.07) is 0. The minimum absolute atomic E-state index is 0. The molecular formula is C6H10O4S2. The number of ether oxygens (including phenoxy) is 1. The number of rotatable bonds is 1. The Labute approximate surface area is 77.6 Å². The average molecular weight is 210 g/mol. The molecule has 1 aliphatic heterocycles. The summed E-state index contributed by atoms with van der Waals surface area (Å²) in [5.74, 6) is -0.616. The van der Waals surface area contributed by atoms with E-state index < -0.39 is 20.6 Å². The molecule has 2 aliphatic rings. The lowest BCUT2D eigenvalue weighted by Gasteiger charge is -2.04. The lowest BCUT2D eigenvalue weighted by atomic mass is 10.4. The van der Waals surface area contributed by atoms with Crippen molar-refractivity contribution >= 4 is 29.3 Å². The molecule has 12 heavy (non-hydrogen) atoms. The highest BCUT2D eigenvalue weighted by molar-refractivity contribution is 7.93. The van der Waals surface area contributed by atoms with Gasteiger partial charge in [-0.2, -0.15) is 13.5 Å². The molecule has 2 atom stereocenters. The van der Waals surface area contributed by atoms with Gasteiger partial charge in [-0.1, -0.05) is 0 Å². The summed E-state index contributed by atoms with van der Waals surface area (Å²) in [7, 11) is -3.25. The van der Waals surface area contributed by atoms with E-state index in [0.29, 0.717) is 6.42 Å². The summed E-state index contributed by atoms with van der Waals surface area (Å²) in [6.45, 7) is 0.284. The van der Waals surface area contributed by atoms with Gasteiger partial charge in [0.2, 0.25) is 0 Å². The van der Waals surface area contributed by atoms with E-state index in [-0.39, 0.29) is 26.0 Å². The van der Waals surface area contributed by atoms with Crippen LogP contribution in [0.15, 0.2) is 0 Å². The maximum atomic E-state index is 11.1. The molecule has 0 unspecified atom stereocenters. The van der Waals surface area contributed by atoms with Crippen molar-refractivity contribution in [1.82, 2.24) is 0 Å². The van der Waals surface area contributed by atoms with Gasteiger partial charge in [0.15, 0.2) is 14.6 Å². The summed E-state index contributed by atoms with van der Waals surface area (Å²) in [4.78, 5) is 11.0. The first-order valence-electron chi connectivity index (χ1n) is 3.35. The van der Waals surface area contributed by atoms with Gasteiger partial charge < -0.3 is 4.74 Å². The highest BCUT2D eigenvalue weighted by Gasteiger charge is 2.72. The van der Waals surface area contributed by atoms with Crippen molar-refractivity contribution < 1.29 is 17.9 Å². The second-order valence-corrected chi connectivity index (χ2v) is 5.43. The predicted molar refractivity (Wildman–Crippen MR) is 47.0 cm³/mol. The van der Waals surface area contributed by atoms with Crippen molar-refractivity contribution in [2.75, 3.05) is 12.9 Å². The number of carbonyl (C=O) groups excluding carboxylic acids is 1. The Kier molecular flexibility index (Phi) is 1.96. The van der Waals surface area contributed by atoms with E-state index in [2.05, 4.69) is 4.74 Å². The molecule has 2 fully saturated rings. The molecule has 0 radical (unpaired) electrons. The molecule has 1 saturated carbocycles. The summed E-state index contributed by atoms with van der Waals surface area (Å²) in [6.07, 6.45) is 1.56. The van der Waals surface area contributed by atoms with Crippen LogP contribution in [0.2, 0.25) is 0 Å². The Morgan fingerprint density at radius 3 is 2.33 bits per heavy atom. The zero-order chi connectivity index (χ0) is 8.28. The van der Waals surface area contributed by atoms with Crippen molar-refractivity contribution in [3.8, 4) is 0 Å². The average Bonchev–Trinajstić information content (AvgIpc) is 2.50. The van der Waals surface area contributed by atoms with Crippen molar-refractivity contribution in [3.63, 3.8) is 0 Å². The zero-order valence-electron chi connectivity index (χ0n) is 6.53. The maximum absolute atomic E-state index is 11.1. The minimum atomic E-state index is -3.25. The fourth-order valence-electron chi connectivity index (χ4n) is 1.65. The minimum Gasteiger partial charge on any atom is -0.464 e. The lowest BCUT2D eigenvalue weighted by Crippen LogP contribution is -2.30. The van der Waals surface area contributed by atoms with Gasteiger partial charge in [-0.05, 0) is 6.42 Å². The quantitative estimate of drug-likeness (QED) is 0.545. The number of hydrogen-bond acceptors (Lipinski definition) is 4. The van der Waals surface area contributed by atoms with Crippen LogP contribution in [-0.4, -0.2) is 32.0 Å². The smallest absolute Gasteiger partial charge is 0.327 e. The van der Waals surface area contributed by atoms with Crippen LogP contribution in [0.3, 0.4) is 0 Å². The van der Waals surface area contributed by atoms with E-state index in [1.165, 1.54) is 0 Å². The number of fused-ring (bicyclic) bond motifs is 1. The largest absolute Gasteiger partial charge is 0.464 e. The van der Waals surface area contributed by atoms with E-state index >= 15 is 0 Å². The normalized spacial score (nSPS) is 38.1. The molecule has 0 aromatic carbocycles. The molecular weight excluding hydrogens is 200 g/mol. The second kappa shape index (κ2) is 2.38. The van der Waals surface area contributed by atoms with Crippen molar-refractivity contribution in [2.45, 2.75) is 11.2 Å². The fraction of sp³-hybridized carbons (Fsp3) is 0.833. The fourth-order valence-corrected chi connectivity index (χ4v) is 3.19. The van der Waals surface area contributed by atoms with Crippen LogP contribution < -0.4 is 0 Å². The molecule has 0 N–H and O–H groups in total. The van der Waals surface area contributed by atoms with Gasteiger partial charge in [0.05, 0.1) is 6.61 Å². The third kappa shape index (κ3) is 0.908. The molecule has 2 rings (SSSR count). The number of sulfone groups is 1. The number of esters is 1. The Morgan fingerprint density at radius 1 is 1.58 bits per heavy atom. The third-order valence-corrected chi connectivity index (χ3v) is 4.46. The van der Waals surface area contributed by atoms with Crippen molar-refractivity contribution in [2.24, 2.45) is 5.92 Å². The summed E-state index contributed by atoms with van der Waals surface area (Å²) >= 11 is 0. The van der Waals surface area contributed by atoms with Crippen molar-refractivity contribution in [1.29, 1.82) is 0 Å². The first kappa shape index (κ1) is 9.85.